The minimum atomic E-state index is -8.68. The van der Waals surface area contributed by atoms with Crippen LogP contribution in [0.5, 0.6) is 0 Å². The normalized spacial score (nSPS) is 14.9. The van der Waals surface area contributed by atoms with Crippen LogP contribution in [0.4, 0.5) is 85.2 Å². The van der Waals surface area contributed by atoms with E-state index in [9.17, 15) is 79.4 Å². The number of anilines is 1. The lowest BCUT2D eigenvalue weighted by atomic mass is 9.88. The molecule has 0 unspecified atom stereocenters. The Morgan fingerprint density at radius 1 is 0.649 bits per heavy atom. The molecule has 37 heavy (non-hydrogen) atoms. The Morgan fingerprint density at radius 2 is 1.08 bits per heavy atom. The van der Waals surface area contributed by atoms with Gasteiger partial charge in [0.25, 0.3) is 0 Å². The smallest absolute Gasteiger partial charge is 0.338 e. The van der Waals surface area contributed by atoms with Crippen molar-refractivity contribution in [2.45, 2.75) is 54.1 Å². The first-order valence-corrected chi connectivity index (χ1v) is 8.89. The minimum absolute atomic E-state index is 0.290. The van der Waals surface area contributed by atoms with Crippen LogP contribution in [0.15, 0.2) is 24.4 Å². The zero-order valence-electron chi connectivity index (χ0n) is 17.0. The molecule has 214 valence electrons. The number of urea groups is 1. The first-order chi connectivity index (χ1) is 16.2. The number of pyridine rings is 1. The summed E-state index contributed by atoms with van der Waals surface area (Å²) in [5, 5.41) is 3.09. The summed E-state index contributed by atoms with van der Waals surface area (Å²) in [5.74, 6) is -57.1. The van der Waals surface area contributed by atoms with Gasteiger partial charge in [0, 0.05) is 19.2 Å². The number of aromatic nitrogens is 1. The van der Waals surface area contributed by atoms with Crippen LogP contribution >= 0.6 is 0 Å². The summed E-state index contributed by atoms with van der Waals surface area (Å²) < 4.78 is 224. The Hall–Kier alpha value is -2.77. The highest BCUT2D eigenvalue weighted by Crippen LogP contribution is 2.64. The number of rotatable bonds is 10. The summed E-state index contributed by atoms with van der Waals surface area (Å²) in [6.07, 6.45) is -9.50. The summed E-state index contributed by atoms with van der Waals surface area (Å²) in [4.78, 5) is 14.9. The standard InChI is InChI=1S/C16H10F17N3O/c17-9(18,4-6-35-8(37)36-7-3-1-2-5-34-7)10(19,20)11(21,22)12(23,24)13(25,26)14(27,28)15(29,30)16(31,32)33/h1-3,5H,4,6H2,(H2,34,35,36,37). The average molecular weight is 583 g/mol. The van der Waals surface area contributed by atoms with Crippen molar-refractivity contribution in [3.63, 3.8) is 0 Å². The van der Waals surface area contributed by atoms with Crippen LogP contribution in [0.1, 0.15) is 6.42 Å². The lowest BCUT2D eigenvalue weighted by molar-refractivity contribution is -0.461. The molecule has 0 bridgehead atoms. The number of hydrogen-bond acceptors (Lipinski definition) is 2. The highest BCUT2D eigenvalue weighted by atomic mass is 19.4. The van der Waals surface area contributed by atoms with Gasteiger partial charge in [-0.1, -0.05) is 6.07 Å². The molecule has 0 saturated heterocycles. The number of hydrogen-bond donors (Lipinski definition) is 2. The van der Waals surface area contributed by atoms with Crippen molar-refractivity contribution in [1.29, 1.82) is 0 Å². The van der Waals surface area contributed by atoms with E-state index in [0.29, 0.717) is 0 Å². The molecule has 0 saturated carbocycles. The lowest BCUT2D eigenvalue weighted by Gasteiger charge is -2.42. The third kappa shape index (κ3) is 5.16. The summed E-state index contributed by atoms with van der Waals surface area (Å²) >= 11 is 0. The molecule has 1 heterocycles. The number of carbonyl (C=O) groups is 1. The maximum absolute atomic E-state index is 13.7. The van der Waals surface area contributed by atoms with Gasteiger partial charge in [0.1, 0.15) is 5.82 Å². The maximum atomic E-state index is 13.7. The van der Waals surface area contributed by atoms with Crippen LogP contribution in [-0.2, 0) is 0 Å². The molecule has 1 rings (SSSR count). The second-order valence-electron chi connectivity index (χ2n) is 6.99. The molecule has 0 aliphatic carbocycles. The third-order valence-electron chi connectivity index (χ3n) is 4.42. The van der Waals surface area contributed by atoms with Crippen LogP contribution in [0.3, 0.4) is 0 Å². The zero-order chi connectivity index (χ0) is 29.5. The van der Waals surface area contributed by atoms with E-state index in [4.69, 9.17) is 0 Å². The number of nitrogens with one attached hydrogen (secondary N) is 2. The number of alkyl halides is 17. The average Bonchev–Trinajstić information content (AvgIpc) is 2.72. The van der Waals surface area contributed by atoms with E-state index >= 15 is 0 Å². The van der Waals surface area contributed by atoms with Gasteiger partial charge in [-0.3, -0.25) is 5.32 Å². The Balaban J connectivity index is 3.22. The van der Waals surface area contributed by atoms with Crippen molar-refractivity contribution in [3.8, 4) is 0 Å². The van der Waals surface area contributed by atoms with Gasteiger partial charge in [0.05, 0.1) is 0 Å². The first kappa shape index (κ1) is 32.3. The van der Waals surface area contributed by atoms with E-state index < -0.39 is 66.6 Å². The van der Waals surface area contributed by atoms with Crippen molar-refractivity contribution in [3.05, 3.63) is 24.4 Å². The molecule has 0 aliphatic heterocycles. The monoisotopic (exact) mass is 583 g/mol. The maximum Gasteiger partial charge on any atom is 0.460 e. The number of carbonyl (C=O) groups excluding carboxylic acids is 1. The fourth-order valence-corrected chi connectivity index (χ4v) is 2.28. The number of halogens is 17. The summed E-state index contributed by atoms with van der Waals surface area (Å²) in [7, 11) is 0. The molecule has 21 heteroatoms. The van der Waals surface area contributed by atoms with E-state index in [1.54, 1.807) is 5.32 Å². The Kier molecular flexibility index (Phi) is 8.30. The van der Waals surface area contributed by atoms with Crippen molar-refractivity contribution in [1.82, 2.24) is 10.3 Å². The minimum Gasteiger partial charge on any atom is -0.338 e. The molecule has 0 spiro atoms. The highest BCUT2D eigenvalue weighted by molar-refractivity contribution is 5.88. The summed E-state index contributed by atoms with van der Waals surface area (Å²) in [6.45, 7) is -1.80. The molecular weight excluding hydrogens is 573 g/mol. The van der Waals surface area contributed by atoms with E-state index in [0.717, 1.165) is 12.3 Å². The van der Waals surface area contributed by atoms with Crippen LogP contribution in [0.25, 0.3) is 0 Å². The predicted molar refractivity (Wildman–Crippen MR) is 86.6 cm³/mol. The van der Waals surface area contributed by atoms with Gasteiger partial charge in [-0.2, -0.15) is 74.6 Å². The lowest BCUT2D eigenvalue weighted by Crippen LogP contribution is -2.74. The van der Waals surface area contributed by atoms with Gasteiger partial charge in [0.15, 0.2) is 0 Å². The van der Waals surface area contributed by atoms with E-state index in [-0.39, 0.29) is 5.82 Å². The zero-order valence-corrected chi connectivity index (χ0v) is 17.0. The van der Waals surface area contributed by atoms with E-state index in [1.165, 1.54) is 17.4 Å². The molecule has 4 nitrogen and oxygen atoms in total. The van der Waals surface area contributed by atoms with Crippen LogP contribution in [0, 0.1) is 0 Å². The Morgan fingerprint density at radius 3 is 1.49 bits per heavy atom. The quantitative estimate of drug-likeness (QED) is 0.305. The van der Waals surface area contributed by atoms with Crippen LogP contribution < -0.4 is 10.6 Å². The van der Waals surface area contributed by atoms with Gasteiger partial charge < -0.3 is 5.32 Å². The molecule has 2 amide bonds. The Labute approximate surface area is 193 Å². The molecule has 0 radical (unpaired) electrons. The SMILES string of the molecule is O=C(NCCC(F)(F)C(F)(F)C(F)(F)C(F)(F)C(F)(F)C(F)(F)C(F)(F)C(F)(F)F)Nc1ccccn1. The second kappa shape index (κ2) is 9.52. The van der Waals surface area contributed by atoms with Crippen molar-refractivity contribution < 1.29 is 79.4 Å². The molecule has 2 N–H and O–H groups in total. The highest BCUT2D eigenvalue weighted by Gasteiger charge is 2.95. The summed E-state index contributed by atoms with van der Waals surface area (Å²) in [6, 6.07) is 2.15. The van der Waals surface area contributed by atoms with Crippen molar-refractivity contribution in [2.75, 3.05) is 11.9 Å². The molecular formula is C16H10F17N3O. The topological polar surface area (TPSA) is 54.0 Å². The van der Waals surface area contributed by atoms with Crippen molar-refractivity contribution >= 4 is 11.8 Å². The van der Waals surface area contributed by atoms with Crippen LogP contribution in [0.2, 0.25) is 0 Å². The van der Waals surface area contributed by atoms with Gasteiger partial charge in [-0.05, 0) is 12.1 Å². The molecule has 1 aromatic heterocycles. The molecule has 0 aliphatic rings. The molecule has 1 aromatic rings. The molecule has 0 fully saturated rings. The van der Waals surface area contributed by atoms with E-state index in [2.05, 4.69) is 4.98 Å². The first-order valence-electron chi connectivity index (χ1n) is 8.89. The fourth-order valence-electron chi connectivity index (χ4n) is 2.28. The van der Waals surface area contributed by atoms with Gasteiger partial charge >= 0.3 is 53.7 Å². The predicted octanol–water partition coefficient (Wildman–Crippen LogP) is 6.60. The Bertz CT molecular complexity index is 946. The van der Waals surface area contributed by atoms with Gasteiger partial charge in [-0.25, -0.2) is 9.78 Å². The molecule has 0 atom stereocenters. The number of nitrogens with zero attached hydrogens (tertiary/aromatic N) is 1. The van der Waals surface area contributed by atoms with Gasteiger partial charge in [-0.15, -0.1) is 0 Å². The summed E-state index contributed by atoms with van der Waals surface area (Å²) in [5.41, 5.74) is 0. The fraction of sp³-hybridized carbons (Fsp3) is 0.625. The molecule has 0 aromatic carbocycles. The van der Waals surface area contributed by atoms with E-state index in [1.807, 2.05) is 0 Å². The van der Waals surface area contributed by atoms with Crippen molar-refractivity contribution in [2.24, 2.45) is 0 Å². The number of amides is 2. The van der Waals surface area contributed by atoms with Crippen LogP contribution in [-0.4, -0.2) is 65.2 Å². The third-order valence-corrected chi connectivity index (χ3v) is 4.42. The van der Waals surface area contributed by atoms with Gasteiger partial charge in [0.2, 0.25) is 0 Å². The second-order valence-corrected chi connectivity index (χ2v) is 6.99. The largest absolute Gasteiger partial charge is 0.460 e.